The van der Waals surface area contributed by atoms with Gasteiger partial charge in [0.15, 0.2) is 0 Å². The molecule has 0 spiro atoms. The average molecular weight is 272 g/mol. The minimum absolute atomic E-state index is 0.309. The van der Waals surface area contributed by atoms with Crippen molar-refractivity contribution in [2.24, 2.45) is 5.92 Å². The maximum absolute atomic E-state index is 11.7. The molecule has 0 bridgehead atoms. The number of nitrogens with one attached hydrogen (secondary N) is 1. The van der Waals surface area contributed by atoms with Crippen LogP contribution in [0, 0.1) is 12.8 Å². The molecule has 0 radical (unpaired) electrons. The summed E-state index contributed by atoms with van der Waals surface area (Å²) in [7, 11) is 1.37. The molecule has 1 rings (SSSR count). The van der Waals surface area contributed by atoms with Gasteiger partial charge in [-0.1, -0.05) is 25.4 Å². The van der Waals surface area contributed by atoms with Crippen molar-refractivity contribution in [1.29, 1.82) is 0 Å². The minimum Gasteiger partial charge on any atom is -0.467 e. The van der Waals surface area contributed by atoms with Gasteiger partial charge >= 0.3 is 5.97 Å². The zero-order valence-electron chi connectivity index (χ0n) is 11.0. The van der Waals surface area contributed by atoms with Gasteiger partial charge in [0.05, 0.1) is 7.11 Å². The predicted octanol–water partition coefficient (Wildman–Crippen LogP) is 2.44. The van der Waals surface area contributed by atoms with Crippen molar-refractivity contribution in [2.45, 2.75) is 33.2 Å². The number of hydrogen-bond acceptors (Lipinski definition) is 5. The maximum Gasteiger partial charge on any atom is 0.328 e. The smallest absolute Gasteiger partial charge is 0.328 e. The van der Waals surface area contributed by atoms with Gasteiger partial charge in [-0.05, 0) is 19.3 Å². The van der Waals surface area contributed by atoms with Gasteiger partial charge in [0.2, 0.25) is 0 Å². The average Bonchev–Trinajstić information content (AvgIpc) is 2.25. The molecule has 1 heterocycles. The summed E-state index contributed by atoms with van der Waals surface area (Å²) in [5, 5.41) is 3.38. The second kappa shape index (κ2) is 6.54. The normalized spacial score (nSPS) is 12.3. The van der Waals surface area contributed by atoms with E-state index in [0.717, 1.165) is 0 Å². The first-order valence-electron chi connectivity index (χ1n) is 5.78. The molecule has 0 aliphatic carbocycles. The van der Waals surface area contributed by atoms with Crippen molar-refractivity contribution in [1.82, 2.24) is 9.97 Å². The van der Waals surface area contributed by atoms with Crippen LogP contribution in [0.1, 0.15) is 26.1 Å². The number of aromatic nitrogens is 2. The Hall–Kier alpha value is -1.36. The highest BCUT2D eigenvalue weighted by molar-refractivity contribution is 6.29. The molecule has 0 aliphatic heterocycles. The topological polar surface area (TPSA) is 64.1 Å². The molecule has 0 saturated heterocycles. The van der Waals surface area contributed by atoms with E-state index in [1.807, 2.05) is 13.8 Å². The number of nitrogens with zero attached hydrogens (tertiary/aromatic N) is 2. The van der Waals surface area contributed by atoms with Crippen molar-refractivity contribution in [2.75, 3.05) is 12.4 Å². The highest BCUT2D eigenvalue weighted by atomic mass is 35.5. The third-order valence-electron chi connectivity index (χ3n) is 2.32. The van der Waals surface area contributed by atoms with Crippen molar-refractivity contribution in [3.05, 3.63) is 17.0 Å². The summed E-state index contributed by atoms with van der Waals surface area (Å²) in [6.07, 6.45) is 0.660. The lowest BCUT2D eigenvalue weighted by molar-refractivity contribution is -0.141. The number of ether oxygens (including phenoxy) is 1. The number of aryl methyl sites for hydroxylation is 1. The molecule has 1 N–H and O–H groups in total. The van der Waals surface area contributed by atoms with Crippen molar-refractivity contribution in [3.63, 3.8) is 0 Å². The van der Waals surface area contributed by atoms with Gasteiger partial charge in [-0.15, -0.1) is 0 Å². The predicted molar refractivity (Wildman–Crippen MR) is 70.7 cm³/mol. The van der Waals surface area contributed by atoms with Crippen molar-refractivity contribution >= 4 is 23.4 Å². The van der Waals surface area contributed by atoms with Crippen molar-refractivity contribution < 1.29 is 9.53 Å². The number of anilines is 1. The van der Waals surface area contributed by atoms with Gasteiger partial charge in [-0.25, -0.2) is 14.8 Å². The van der Waals surface area contributed by atoms with E-state index in [9.17, 15) is 4.79 Å². The number of hydrogen-bond donors (Lipinski definition) is 1. The van der Waals surface area contributed by atoms with Gasteiger partial charge in [0.1, 0.15) is 22.8 Å². The van der Waals surface area contributed by atoms with E-state index in [1.165, 1.54) is 7.11 Å². The molecule has 0 amide bonds. The summed E-state index contributed by atoms with van der Waals surface area (Å²) in [5.41, 5.74) is 0. The number of methoxy groups -OCH3 is 1. The summed E-state index contributed by atoms with van der Waals surface area (Å²) in [4.78, 5) is 19.8. The molecule has 1 aromatic rings. The van der Waals surface area contributed by atoms with E-state index in [4.69, 9.17) is 16.3 Å². The zero-order valence-corrected chi connectivity index (χ0v) is 11.8. The Bertz CT molecular complexity index is 404. The Morgan fingerprint density at radius 3 is 2.67 bits per heavy atom. The van der Waals surface area contributed by atoms with E-state index in [1.54, 1.807) is 13.0 Å². The Kier molecular flexibility index (Phi) is 5.34. The summed E-state index contributed by atoms with van der Waals surface area (Å²) in [6.45, 7) is 5.82. The van der Waals surface area contributed by atoms with Crippen LogP contribution < -0.4 is 5.32 Å². The second-order valence-electron chi connectivity index (χ2n) is 4.47. The SMILES string of the molecule is COC(=O)C(CC(C)C)Nc1cc(Cl)nc(C)n1. The van der Waals surface area contributed by atoms with Gasteiger partial charge in [-0.2, -0.15) is 0 Å². The first kappa shape index (κ1) is 14.7. The number of esters is 1. The molecular formula is C12H18ClN3O2. The van der Waals surface area contributed by atoms with E-state index >= 15 is 0 Å². The molecule has 100 valence electrons. The molecule has 0 fully saturated rings. The quantitative estimate of drug-likeness (QED) is 0.658. The molecule has 6 heteroatoms. The standard InChI is InChI=1S/C12H18ClN3O2/c1-7(2)5-9(12(17)18-4)16-11-6-10(13)14-8(3)15-11/h6-7,9H,5H2,1-4H3,(H,14,15,16). The monoisotopic (exact) mass is 271 g/mol. The van der Waals surface area contributed by atoms with Crippen LogP contribution in [0.5, 0.6) is 0 Å². The highest BCUT2D eigenvalue weighted by Gasteiger charge is 2.21. The van der Waals surface area contributed by atoms with Crippen LogP contribution in [-0.4, -0.2) is 29.1 Å². The van der Waals surface area contributed by atoms with E-state index < -0.39 is 6.04 Å². The molecule has 5 nitrogen and oxygen atoms in total. The molecule has 1 aromatic heterocycles. The van der Waals surface area contributed by atoms with Crippen LogP contribution in [0.15, 0.2) is 6.07 Å². The van der Waals surface area contributed by atoms with Crippen LogP contribution in [0.4, 0.5) is 5.82 Å². The molecular weight excluding hydrogens is 254 g/mol. The molecule has 1 atom stereocenters. The highest BCUT2D eigenvalue weighted by Crippen LogP contribution is 2.15. The Balaban J connectivity index is 2.84. The number of rotatable bonds is 5. The molecule has 0 aromatic carbocycles. The molecule has 0 aliphatic rings. The lowest BCUT2D eigenvalue weighted by atomic mass is 10.0. The number of halogens is 1. The van der Waals surface area contributed by atoms with Gasteiger partial charge < -0.3 is 10.1 Å². The molecule has 18 heavy (non-hydrogen) atoms. The second-order valence-corrected chi connectivity index (χ2v) is 4.86. The van der Waals surface area contributed by atoms with Crippen LogP contribution in [-0.2, 0) is 9.53 Å². The molecule has 0 saturated carbocycles. The van der Waals surface area contributed by atoms with Crippen molar-refractivity contribution in [3.8, 4) is 0 Å². The van der Waals surface area contributed by atoms with E-state index in [2.05, 4.69) is 15.3 Å². The Morgan fingerprint density at radius 1 is 1.50 bits per heavy atom. The first-order valence-corrected chi connectivity index (χ1v) is 6.15. The maximum atomic E-state index is 11.7. The summed E-state index contributed by atoms with van der Waals surface area (Å²) in [6, 6.07) is 1.16. The summed E-state index contributed by atoms with van der Waals surface area (Å²) in [5.74, 6) is 1.14. The Morgan fingerprint density at radius 2 is 2.17 bits per heavy atom. The minimum atomic E-state index is -0.430. The van der Waals surface area contributed by atoms with Gasteiger partial charge in [0.25, 0.3) is 0 Å². The lowest BCUT2D eigenvalue weighted by Gasteiger charge is -2.18. The number of carbonyl (C=O) groups is 1. The zero-order chi connectivity index (χ0) is 13.7. The third kappa shape index (κ3) is 4.49. The lowest BCUT2D eigenvalue weighted by Crippen LogP contribution is -2.32. The van der Waals surface area contributed by atoms with E-state index in [-0.39, 0.29) is 5.97 Å². The van der Waals surface area contributed by atoms with Crippen LogP contribution in [0.25, 0.3) is 0 Å². The van der Waals surface area contributed by atoms with Crippen LogP contribution in [0.3, 0.4) is 0 Å². The van der Waals surface area contributed by atoms with Crippen LogP contribution in [0.2, 0.25) is 5.15 Å². The summed E-state index contributed by atoms with van der Waals surface area (Å²) >= 11 is 5.85. The fourth-order valence-corrected chi connectivity index (χ4v) is 1.84. The fourth-order valence-electron chi connectivity index (χ4n) is 1.61. The van der Waals surface area contributed by atoms with Gasteiger partial charge in [0, 0.05) is 6.07 Å². The third-order valence-corrected chi connectivity index (χ3v) is 2.52. The summed E-state index contributed by atoms with van der Waals surface area (Å²) < 4.78 is 4.77. The van der Waals surface area contributed by atoms with Crippen LogP contribution >= 0.6 is 11.6 Å². The van der Waals surface area contributed by atoms with E-state index in [0.29, 0.717) is 29.1 Å². The largest absolute Gasteiger partial charge is 0.467 e. The molecule has 1 unspecified atom stereocenters. The first-order chi connectivity index (χ1) is 8.42. The fraction of sp³-hybridized carbons (Fsp3) is 0.583. The van der Waals surface area contributed by atoms with Gasteiger partial charge in [-0.3, -0.25) is 0 Å². The Labute approximate surface area is 112 Å². The number of carbonyl (C=O) groups excluding carboxylic acids is 1.